The van der Waals surface area contributed by atoms with Gasteiger partial charge in [0.2, 0.25) is 0 Å². The summed E-state index contributed by atoms with van der Waals surface area (Å²) in [6, 6.07) is 1.89. The predicted molar refractivity (Wildman–Crippen MR) is 184 cm³/mol. The zero-order valence-corrected chi connectivity index (χ0v) is 29.6. The third-order valence-electron chi connectivity index (χ3n) is 14.8. The SMILES string of the molecule is C=C(C)[C@H]1C(=O)c2c3c(cc4c5c(n1c24)[C@@]1(C)C(CC[C@H]2[C@](C)(CCCC)[C@@H](O)CC[C@@]21C)C5)C1=CC(C)(C)OC(C)(C)C1[C@@H]3O. The van der Waals surface area contributed by atoms with Crippen molar-refractivity contribution < 1.29 is 19.7 Å². The monoisotopic (exact) mass is 625 g/mol. The lowest BCUT2D eigenvalue weighted by atomic mass is 9.40. The Balaban J connectivity index is 1.40. The quantitative estimate of drug-likeness (QED) is 0.333. The van der Waals surface area contributed by atoms with Gasteiger partial charge in [-0.15, -0.1) is 0 Å². The van der Waals surface area contributed by atoms with Crippen LogP contribution in [-0.2, 0) is 16.6 Å². The third-order valence-corrected chi connectivity index (χ3v) is 14.8. The Hall–Kier alpha value is -2.21. The van der Waals surface area contributed by atoms with Crippen molar-refractivity contribution in [1.29, 1.82) is 0 Å². The number of nitrogens with zero attached hydrogens (tertiary/aromatic N) is 1. The fraction of sp³-hybridized carbons (Fsp3) is 0.683. The Bertz CT molecular complexity index is 1760. The van der Waals surface area contributed by atoms with Crippen LogP contribution < -0.4 is 0 Å². The number of hydrogen-bond donors (Lipinski definition) is 2. The fourth-order valence-corrected chi connectivity index (χ4v) is 12.9. The van der Waals surface area contributed by atoms with Crippen LogP contribution in [-0.4, -0.2) is 37.9 Å². The van der Waals surface area contributed by atoms with Gasteiger partial charge in [-0.25, -0.2) is 0 Å². The van der Waals surface area contributed by atoms with Crippen LogP contribution in [0.2, 0.25) is 0 Å². The minimum atomic E-state index is -0.809. The van der Waals surface area contributed by atoms with Gasteiger partial charge in [0, 0.05) is 28.0 Å². The molecule has 0 amide bonds. The maximum absolute atomic E-state index is 14.8. The molecule has 0 radical (unpaired) electrons. The number of hydrogen-bond acceptors (Lipinski definition) is 4. The van der Waals surface area contributed by atoms with E-state index in [0.717, 1.165) is 84.7 Å². The second-order valence-electron chi connectivity index (χ2n) is 18.1. The molecule has 0 saturated heterocycles. The lowest BCUT2D eigenvalue weighted by Gasteiger charge is -2.65. The largest absolute Gasteiger partial charge is 0.393 e. The van der Waals surface area contributed by atoms with Gasteiger partial charge in [0.05, 0.1) is 34.5 Å². The van der Waals surface area contributed by atoms with Crippen molar-refractivity contribution in [3.8, 4) is 0 Å². The van der Waals surface area contributed by atoms with Crippen molar-refractivity contribution >= 4 is 22.3 Å². The minimum Gasteiger partial charge on any atom is -0.393 e. The van der Waals surface area contributed by atoms with Gasteiger partial charge in [-0.05, 0) is 125 Å². The molecular formula is C41H55NO4. The highest BCUT2D eigenvalue weighted by molar-refractivity contribution is 6.18. The van der Waals surface area contributed by atoms with E-state index in [1.165, 1.54) is 16.6 Å². The second-order valence-corrected chi connectivity index (χ2v) is 18.1. The molecule has 2 aromatic rings. The summed E-state index contributed by atoms with van der Waals surface area (Å²) in [7, 11) is 0. The van der Waals surface area contributed by atoms with E-state index < -0.39 is 23.3 Å². The molecule has 248 valence electrons. The molecule has 2 aliphatic heterocycles. The van der Waals surface area contributed by atoms with Crippen LogP contribution in [0, 0.1) is 28.6 Å². The predicted octanol–water partition coefficient (Wildman–Crippen LogP) is 8.79. The van der Waals surface area contributed by atoms with Crippen LogP contribution in [0.1, 0.15) is 152 Å². The molecular weight excluding hydrogens is 570 g/mol. The molecule has 0 spiro atoms. The summed E-state index contributed by atoms with van der Waals surface area (Å²) in [6.45, 7) is 24.5. The number of ketones is 1. The number of Topliss-reactive ketones (excluding diaryl/α,β-unsaturated/α-hetero) is 1. The van der Waals surface area contributed by atoms with E-state index in [2.05, 4.69) is 78.7 Å². The van der Waals surface area contributed by atoms with Crippen molar-refractivity contribution in [2.75, 3.05) is 0 Å². The highest BCUT2D eigenvalue weighted by Gasteiger charge is 2.68. The molecule has 5 heteroatoms. The molecule has 46 heavy (non-hydrogen) atoms. The Morgan fingerprint density at radius 2 is 1.80 bits per heavy atom. The number of aliphatic hydroxyl groups is 2. The number of allylic oxidation sites excluding steroid dienone is 1. The van der Waals surface area contributed by atoms with Crippen molar-refractivity contribution in [3.63, 3.8) is 0 Å². The van der Waals surface area contributed by atoms with Crippen LogP contribution in [0.25, 0.3) is 16.5 Å². The van der Waals surface area contributed by atoms with E-state index in [0.29, 0.717) is 11.8 Å². The molecule has 2 unspecified atom stereocenters. The first-order valence-corrected chi connectivity index (χ1v) is 18.2. The van der Waals surface area contributed by atoms with Crippen molar-refractivity contribution in [3.05, 3.63) is 52.2 Å². The van der Waals surface area contributed by atoms with E-state index >= 15 is 0 Å². The van der Waals surface area contributed by atoms with Gasteiger partial charge in [-0.3, -0.25) is 4.79 Å². The first-order chi connectivity index (χ1) is 21.4. The van der Waals surface area contributed by atoms with Crippen LogP contribution in [0.3, 0.4) is 0 Å². The summed E-state index contributed by atoms with van der Waals surface area (Å²) in [6.07, 6.45) is 9.63. The molecule has 1 aromatic carbocycles. The molecule has 8 rings (SSSR count). The highest BCUT2D eigenvalue weighted by Crippen LogP contribution is 2.72. The Labute approximate surface area is 275 Å². The Morgan fingerprint density at radius 1 is 1.09 bits per heavy atom. The standard InChI is InChI=1S/C41H55NO4/c1-11-12-16-39(8)27-14-13-22-18-25-24-19-23-26-20-37(4,5)46-38(6,7)31(26)34(44)29(23)30-33(24)42(32(21(2)3)35(30)45)36(25)41(22,10)40(27,9)17-15-28(39)43/h19-20,22,27-28,31-32,34,43-44H,2,11-18H2,1,3-10H3/t22?,27-,28-,31?,32-,34+,39-,40-,41+/m0/s1. The minimum absolute atomic E-state index is 0.00713. The molecule has 2 N–H and O–H groups in total. The Morgan fingerprint density at radius 3 is 2.48 bits per heavy atom. The number of carbonyl (C=O) groups excluding carboxylic acids is 1. The normalized spacial score (nSPS) is 41.1. The van der Waals surface area contributed by atoms with Gasteiger partial charge >= 0.3 is 0 Å². The highest BCUT2D eigenvalue weighted by atomic mass is 16.5. The van der Waals surface area contributed by atoms with Crippen LogP contribution in [0.15, 0.2) is 24.3 Å². The number of benzene rings is 1. The van der Waals surface area contributed by atoms with Gasteiger partial charge in [0.15, 0.2) is 5.78 Å². The first-order valence-electron chi connectivity index (χ1n) is 18.2. The van der Waals surface area contributed by atoms with Crippen molar-refractivity contribution in [2.45, 2.75) is 149 Å². The smallest absolute Gasteiger partial charge is 0.192 e. The first kappa shape index (κ1) is 31.1. The molecule has 0 bridgehead atoms. The van der Waals surface area contributed by atoms with Gasteiger partial charge in [-0.2, -0.15) is 0 Å². The van der Waals surface area contributed by atoms with Gasteiger partial charge < -0.3 is 19.5 Å². The Kier molecular flexibility index (Phi) is 6.26. The van der Waals surface area contributed by atoms with E-state index in [-0.39, 0.29) is 34.1 Å². The number of aromatic nitrogens is 1. The zero-order chi connectivity index (χ0) is 33.1. The average Bonchev–Trinajstić information content (AvgIpc) is 3.62. The summed E-state index contributed by atoms with van der Waals surface area (Å²) >= 11 is 0. The molecule has 3 heterocycles. The molecule has 9 atom stereocenters. The topological polar surface area (TPSA) is 71.7 Å². The van der Waals surface area contributed by atoms with Crippen LogP contribution in [0.4, 0.5) is 0 Å². The summed E-state index contributed by atoms with van der Waals surface area (Å²) in [5, 5.41) is 24.9. The van der Waals surface area contributed by atoms with E-state index in [9.17, 15) is 15.0 Å². The number of unbranched alkanes of at least 4 members (excludes halogenated alkanes) is 1. The molecule has 1 aromatic heterocycles. The molecule has 2 saturated carbocycles. The number of ether oxygens (including phenoxy) is 1. The molecule has 2 fully saturated rings. The maximum Gasteiger partial charge on any atom is 0.192 e. The number of fused-ring (bicyclic) bond motifs is 11. The number of rotatable bonds is 4. The number of aliphatic hydroxyl groups excluding tert-OH is 2. The van der Waals surface area contributed by atoms with E-state index in [1.54, 1.807) is 0 Å². The average molecular weight is 626 g/mol. The van der Waals surface area contributed by atoms with E-state index in [4.69, 9.17) is 4.74 Å². The summed E-state index contributed by atoms with van der Waals surface area (Å²) in [4.78, 5) is 14.8. The summed E-state index contributed by atoms with van der Waals surface area (Å²) < 4.78 is 8.95. The lowest BCUT2D eigenvalue weighted by Crippen LogP contribution is -2.62. The van der Waals surface area contributed by atoms with Crippen molar-refractivity contribution in [2.24, 2.45) is 28.6 Å². The third kappa shape index (κ3) is 3.46. The van der Waals surface area contributed by atoms with Gasteiger partial charge in [0.25, 0.3) is 0 Å². The molecule has 6 aliphatic rings. The van der Waals surface area contributed by atoms with Crippen LogP contribution >= 0.6 is 0 Å². The van der Waals surface area contributed by atoms with E-state index in [1.807, 2.05) is 6.92 Å². The van der Waals surface area contributed by atoms with Crippen LogP contribution in [0.5, 0.6) is 0 Å². The fourth-order valence-electron chi connectivity index (χ4n) is 12.9. The molecule has 5 nitrogen and oxygen atoms in total. The number of carbonyl (C=O) groups is 1. The summed E-state index contributed by atoms with van der Waals surface area (Å²) in [5.74, 6) is 0.761. The molecule has 4 aliphatic carbocycles. The summed E-state index contributed by atoms with van der Waals surface area (Å²) in [5.41, 5.74) is 7.01. The van der Waals surface area contributed by atoms with Gasteiger partial charge in [-0.1, -0.05) is 52.7 Å². The zero-order valence-electron chi connectivity index (χ0n) is 29.6. The maximum atomic E-state index is 14.8. The lowest BCUT2D eigenvalue weighted by molar-refractivity contribution is -0.167. The second kappa shape index (κ2) is 9.27. The van der Waals surface area contributed by atoms with Gasteiger partial charge in [0.1, 0.15) is 6.04 Å². The van der Waals surface area contributed by atoms with Crippen molar-refractivity contribution in [1.82, 2.24) is 4.57 Å².